The van der Waals surface area contributed by atoms with E-state index in [2.05, 4.69) is 30.1 Å². The third-order valence-corrected chi connectivity index (χ3v) is 3.98. The lowest BCUT2D eigenvalue weighted by Crippen LogP contribution is -1.83. The van der Waals surface area contributed by atoms with Crippen LogP contribution in [0.5, 0.6) is 0 Å². The monoisotopic (exact) mass is 242 g/mol. The van der Waals surface area contributed by atoms with Crippen LogP contribution < -0.4 is 0 Å². The van der Waals surface area contributed by atoms with Gasteiger partial charge in [-0.1, -0.05) is 24.3 Å². The van der Waals surface area contributed by atoms with E-state index in [4.69, 9.17) is 5.26 Å². The van der Waals surface area contributed by atoms with Crippen molar-refractivity contribution in [3.63, 3.8) is 0 Å². The molecule has 0 saturated heterocycles. The molecule has 0 N–H and O–H groups in total. The Hall–Kier alpha value is -1.66. The molecule has 0 aliphatic rings. The van der Waals surface area contributed by atoms with Crippen LogP contribution in [0.15, 0.2) is 24.3 Å². The van der Waals surface area contributed by atoms with E-state index in [1.807, 2.05) is 19.1 Å². The maximum Gasteiger partial charge on any atom is 0.124 e. The fourth-order valence-electron chi connectivity index (χ4n) is 1.76. The van der Waals surface area contributed by atoms with E-state index >= 15 is 0 Å². The van der Waals surface area contributed by atoms with Crippen LogP contribution >= 0.6 is 11.3 Å². The van der Waals surface area contributed by atoms with Crippen LogP contribution in [-0.2, 0) is 6.42 Å². The fraction of sp³-hybridized carbons (Fsp3) is 0.286. The Bertz CT molecular complexity index is 564. The third kappa shape index (κ3) is 2.54. The summed E-state index contributed by atoms with van der Waals surface area (Å²) in [5.41, 5.74) is 3.50. The highest BCUT2D eigenvalue weighted by atomic mass is 32.1. The number of rotatable bonds is 3. The fourth-order valence-corrected chi connectivity index (χ4v) is 2.91. The summed E-state index contributed by atoms with van der Waals surface area (Å²) < 4.78 is 0. The van der Waals surface area contributed by atoms with E-state index in [9.17, 15) is 0 Å². The molecule has 0 unspecified atom stereocenters. The van der Waals surface area contributed by atoms with E-state index in [-0.39, 0.29) is 0 Å². The Balaban J connectivity index is 2.35. The Kier molecular flexibility index (Phi) is 3.55. The van der Waals surface area contributed by atoms with Crippen molar-refractivity contribution in [2.45, 2.75) is 26.7 Å². The van der Waals surface area contributed by atoms with Crippen molar-refractivity contribution >= 4 is 11.3 Å². The average molecular weight is 242 g/mol. The predicted molar refractivity (Wildman–Crippen MR) is 71.0 cm³/mol. The summed E-state index contributed by atoms with van der Waals surface area (Å²) in [5, 5.41) is 9.68. The van der Waals surface area contributed by atoms with Crippen molar-refractivity contribution in [3.8, 4) is 16.6 Å². The molecular weight excluding hydrogens is 228 g/mol. The minimum absolute atomic E-state index is 0.566. The molecule has 0 amide bonds. The molecule has 0 radical (unpaired) electrons. The number of hydrogen-bond acceptors (Lipinski definition) is 3. The smallest absolute Gasteiger partial charge is 0.124 e. The molecule has 1 aromatic carbocycles. The van der Waals surface area contributed by atoms with Crippen molar-refractivity contribution in [1.82, 2.24) is 4.98 Å². The summed E-state index contributed by atoms with van der Waals surface area (Å²) >= 11 is 1.70. The number of nitrogens with zero attached hydrogens (tertiary/aromatic N) is 2. The van der Waals surface area contributed by atoms with E-state index in [0.29, 0.717) is 6.42 Å². The molecule has 2 rings (SSSR count). The Morgan fingerprint density at radius 2 is 2.06 bits per heavy atom. The lowest BCUT2D eigenvalue weighted by atomic mass is 10.1. The second-order valence-corrected chi connectivity index (χ2v) is 5.08. The first-order valence-electron chi connectivity index (χ1n) is 5.61. The van der Waals surface area contributed by atoms with Crippen LogP contribution in [0, 0.1) is 25.2 Å². The lowest BCUT2D eigenvalue weighted by molar-refractivity contribution is 1.01. The maximum atomic E-state index is 8.62. The van der Waals surface area contributed by atoms with Gasteiger partial charge in [0, 0.05) is 16.9 Å². The van der Waals surface area contributed by atoms with Crippen LogP contribution in [0.3, 0.4) is 0 Å². The molecule has 17 heavy (non-hydrogen) atoms. The quantitative estimate of drug-likeness (QED) is 0.819. The molecule has 0 spiro atoms. The first-order chi connectivity index (χ1) is 8.22. The summed E-state index contributed by atoms with van der Waals surface area (Å²) in [5.74, 6) is 0. The van der Waals surface area contributed by atoms with Crippen molar-refractivity contribution in [2.75, 3.05) is 0 Å². The standard InChI is InChI=1S/C14H14N2S/c1-10-6-3-4-7-12(10)14-16-11(2)13(17-14)8-5-9-15/h3-4,6-7H,5,8H2,1-2H3. The van der Waals surface area contributed by atoms with Crippen molar-refractivity contribution in [3.05, 3.63) is 40.4 Å². The number of hydrogen-bond donors (Lipinski definition) is 0. The topological polar surface area (TPSA) is 36.7 Å². The number of nitriles is 1. The van der Waals surface area contributed by atoms with Gasteiger partial charge in [-0.05, 0) is 25.8 Å². The zero-order chi connectivity index (χ0) is 12.3. The minimum Gasteiger partial charge on any atom is -0.241 e. The average Bonchev–Trinajstić information content (AvgIpc) is 2.68. The molecule has 0 saturated carbocycles. The zero-order valence-corrected chi connectivity index (χ0v) is 10.8. The Labute approximate surface area is 106 Å². The van der Waals surface area contributed by atoms with Crippen molar-refractivity contribution in [1.29, 1.82) is 5.26 Å². The van der Waals surface area contributed by atoms with Gasteiger partial charge in [0.05, 0.1) is 11.8 Å². The van der Waals surface area contributed by atoms with Gasteiger partial charge in [-0.15, -0.1) is 11.3 Å². The molecule has 86 valence electrons. The number of thiazole rings is 1. The first kappa shape index (κ1) is 11.8. The SMILES string of the molecule is Cc1ccccc1-c1nc(C)c(CCC#N)s1. The maximum absolute atomic E-state index is 8.62. The number of benzene rings is 1. The molecule has 2 aromatic rings. The van der Waals surface area contributed by atoms with Crippen molar-refractivity contribution < 1.29 is 0 Å². The van der Waals surface area contributed by atoms with Gasteiger partial charge in [0.15, 0.2) is 0 Å². The number of aromatic nitrogens is 1. The Morgan fingerprint density at radius 3 is 2.76 bits per heavy atom. The summed E-state index contributed by atoms with van der Waals surface area (Å²) in [6.45, 7) is 4.12. The molecule has 0 fully saturated rings. The third-order valence-electron chi connectivity index (χ3n) is 2.73. The molecule has 3 heteroatoms. The largest absolute Gasteiger partial charge is 0.241 e. The summed E-state index contributed by atoms with van der Waals surface area (Å²) in [7, 11) is 0. The zero-order valence-electron chi connectivity index (χ0n) is 10.0. The van der Waals surface area contributed by atoms with Gasteiger partial charge >= 0.3 is 0 Å². The molecule has 1 heterocycles. The van der Waals surface area contributed by atoms with Gasteiger partial charge in [-0.3, -0.25) is 0 Å². The first-order valence-corrected chi connectivity index (χ1v) is 6.43. The van der Waals surface area contributed by atoms with Gasteiger partial charge in [0.2, 0.25) is 0 Å². The van der Waals surface area contributed by atoms with E-state index in [1.165, 1.54) is 16.0 Å². The second kappa shape index (κ2) is 5.11. The summed E-state index contributed by atoms with van der Waals surface area (Å²) in [6.07, 6.45) is 1.38. The van der Waals surface area contributed by atoms with E-state index in [0.717, 1.165) is 17.1 Å². The highest BCUT2D eigenvalue weighted by molar-refractivity contribution is 7.15. The normalized spacial score (nSPS) is 10.2. The Morgan fingerprint density at radius 1 is 1.29 bits per heavy atom. The molecule has 1 aromatic heterocycles. The van der Waals surface area contributed by atoms with Crippen LogP contribution in [0.2, 0.25) is 0 Å². The highest BCUT2D eigenvalue weighted by Crippen LogP contribution is 2.30. The van der Waals surface area contributed by atoms with E-state index in [1.54, 1.807) is 11.3 Å². The molecule has 0 aliphatic heterocycles. The van der Waals surface area contributed by atoms with Gasteiger partial charge in [-0.2, -0.15) is 5.26 Å². The van der Waals surface area contributed by atoms with E-state index < -0.39 is 0 Å². The van der Waals surface area contributed by atoms with Crippen LogP contribution in [0.4, 0.5) is 0 Å². The van der Waals surface area contributed by atoms with Gasteiger partial charge in [-0.25, -0.2) is 4.98 Å². The summed E-state index contributed by atoms with van der Waals surface area (Å²) in [6, 6.07) is 10.5. The predicted octanol–water partition coefficient (Wildman–Crippen LogP) is 3.88. The molecule has 0 atom stereocenters. The molecule has 0 bridgehead atoms. The molecular formula is C14H14N2S. The van der Waals surface area contributed by atoms with Crippen molar-refractivity contribution in [2.24, 2.45) is 0 Å². The highest BCUT2D eigenvalue weighted by Gasteiger charge is 2.10. The minimum atomic E-state index is 0.566. The molecule has 0 aliphatic carbocycles. The van der Waals surface area contributed by atoms with Crippen LogP contribution in [-0.4, -0.2) is 4.98 Å². The van der Waals surface area contributed by atoms with Gasteiger partial charge < -0.3 is 0 Å². The van der Waals surface area contributed by atoms with Gasteiger partial charge in [0.25, 0.3) is 0 Å². The lowest BCUT2D eigenvalue weighted by Gasteiger charge is -1.99. The van der Waals surface area contributed by atoms with Crippen LogP contribution in [0.1, 0.15) is 22.6 Å². The van der Waals surface area contributed by atoms with Crippen LogP contribution in [0.25, 0.3) is 10.6 Å². The molecule has 2 nitrogen and oxygen atoms in total. The summed E-state index contributed by atoms with van der Waals surface area (Å²) in [4.78, 5) is 5.83. The van der Waals surface area contributed by atoms with Gasteiger partial charge in [0.1, 0.15) is 5.01 Å². The number of aryl methyl sites for hydroxylation is 3. The second-order valence-electron chi connectivity index (χ2n) is 4.00.